The molecule has 1 atom stereocenters. The second kappa shape index (κ2) is 8.94. The van der Waals surface area contributed by atoms with E-state index in [1.54, 1.807) is 32.9 Å². The molecular weight excluding hydrogens is 378 g/mol. The average molecular weight is 403 g/mol. The average Bonchev–Trinajstić information content (AvgIpc) is 2.51. The van der Waals surface area contributed by atoms with Crippen molar-refractivity contribution >= 4 is 22.2 Å². The topological polar surface area (TPSA) is 117 Å². The minimum Gasteiger partial charge on any atom is -0.493 e. The standard InChI is InChI=1S/C17H25NO8S/c1-17(2,3)25-16(20)18-12(15(19)24-5)10-11-8-7-9-13(23-4)14(11)26-27(6,21)22/h7-9,12H,10H2,1-6H3,(H,18,20)/t12-/m1/s1. The molecular formula is C17H25NO8S. The highest BCUT2D eigenvalue weighted by atomic mass is 32.2. The Balaban J connectivity index is 3.18. The normalized spacial score (nSPS) is 12.7. The minimum absolute atomic E-state index is 0.0672. The van der Waals surface area contributed by atoms with Gasteiger partial charge in [0.25, 0.3) is 0 Å². The molecule has 0 aliphatic heterocycles. The first kappa shape index (κ1) is 22.6. The second-order valence-corrected chi connectivity index (χ2v) is 8.24. The van der Waals surface area contributed by atoms with Crippen LogP contribution in [0.2, 0.25) is 0 Å². The lowest BCUT2D eigenvalue weighted by atomic mass is 10.0. The van der Waals surface area contributed by atoms with Crippen molar-refractivity contribution in [2.45, 2.75) is 38.8 Å². The summed E-state index contributed by atoms with van der Waals surface area (Å²) >= 11 is 0. The highest BCUT2D eigenvalue weighted by molar-refractivity contribution is 7.86. The Bertz CT molecular complexity index is 783. The summed E-state index contributed by atoms with van der Waals surface area (Å²) < 4.78 is 43.1. The molecule has 152 valence electrons. The first-order valence-corrected chi connectivity index (χ1v) is 9.80. The van der Waals surface area contributed by atoms with E-state index >= 15 is 0 Å². The molecule has 0 radical (unpaired) electrons. The smallest absolute Gasteiger partial charge is 0.408 e. The summed E-state index contributed by atoms with van der Waals surface area (Å²) in [7, 11) is -1.32. The molecule has 1 rings (SSSR count). The van der Waals surface area contributed by atoms with Gasteiger partial charge in [0, 0.05) is 12.0 Å². The monoisotopic (exact) mass is 403 g/mol. The van der Waals surface area contributed by atoms with E-state index in [0.29, 0.717) is 5.56 Å². The van der Waals surface area contributed by atoms with Crippen molar-refractivity contribution in [1.29, 1.82) is 0 Å². The van der Waals surface area contributed by atoms with E-state index in [9.17, 15) is 18.0 Å². The Kier molecular flexibility index (Phi) is 7.46. The predicted molar refractivity (Wildman–Crippen MR) is 97.3 cm³/mol. The van der Waals surface area contributed by atoms with Gasteiger partial charge in [0.15, 0.2) is 11.5 Å². The quantitative estimate of drug-likeness (QED) is 0.539. The van der Waals surface area contributed by atoms with Crippen LogP contribution in [0.25, 0.3) is 0 Å². The number of esters is 1. The number of hydrogen-bond acceptors (Lipinski definition) is 8. The van der Waals surface area contributed by atoms with Gasteiger partial charge >= 0.3 is 22.2 Å². The molecule has 0 bridgehead atoms. The van der Waals surface area contributed by atoms with E-state index in [2.05, 4.69) is 5.32 Å². The zero-order chi connectivity index (χ0) is 20.8. The molecule has 1 N–H and O–H groups in total. The van der Waals surface area contributed by atoms with Crippen LogP contribution in [0.4, 0.5) is 4.79 Å². The third kappa shape index (κ3) is 7.73. The first-order chi connectivity index (χ1) is 12.4. The summed E-state index contributed by atoms with van der Waals surface area (Å²) in [5.74, 6) is -0.629. The molecule has 0 saturated carbocycles. The van der Waals surface area contributed by atoms with Crippen molar-refractivity contribution in [2.24, 2.45) is 0 Å². The summed E-state index contributed by atoms with van der Waals surface area (Å²) in [6, 6.07) is 3.54. The van der Waals surface area contributed by atoms with Gasteiger partial charge in [-0.25, -0.2) is 9.59 Å². The SMILES string of the molecule is COC(=O)[C@@H](Cc1cccc(OC)c1OS(C)(=O)=O)NC(=O)OC(C)(C)C. The molecule has 0 heterocycles. The third-order valence-electron chi connectivity index (χ3n) is 3.12. The second-order valence-electron chi connectivity index (χ2n) is 6.66. The van der Waals surface area contributed by atoms with Crippen molar-refractivity contribution in [3.63, 3.8) is 0 Å². The highest BCUT2D eigenvalue weighted by Crippen LogP contribution is 2.33. The molecule has 10 heteroatoms. The summed E-state index contributed by atoms with van der Waals surface area (Å²) in [5.41, 5.74) is -0.433. The van der Waals surface area contributed by atoms with E-state index in [-0.39, 0.29) is 17.9 Å². The molecule has 0 aliphatic carbocycles. The fourth-order valence-electron chi connectivity index (χ4n) is 2.13. The van der Waals surface area contributed by atoms with E-state index in [0.717, 1.165) is 6.26 Å². The summed E-state index contributed by atoms with van der Waals surface area (Å²) in [6.45, 7) is 5.04. The van der Waals surface area contributed by atoms with E-state index in [1.807, 2.05) is 0 Å². The predicted octanol–water partition coefficient (Wildman–Crippen LogP) is 1.64. The van der Waals surface area contributed by atoms with Gasteiger partial charge in [0.05, 0.1) is 20.5 Å². The van der Waals surface area contributed by atoms with Gasteiger partial charge in [-0.1, -0.05) is 12.1 Å². The number of hydrogen-bond donors (Lipinski definition) is 1. The Hall–Kier alpha value is -2.49. The van der Waals surface area contributed by atoms with Crippen LogP contribution in [0.15, 0.2) is 18.2 Å². The van der Waals surface area contributed by atoms with Crippen LogP contribution in [-0.2, 0) is 30.8 Å². The lowest BCUT2D eigenvalue weighted by Gasteiger charge is -2.23. The van der Waals surface area contributed by atoms with Gasteiger partial charge in [-0.2, -0.15) is 8.42 Å². The Labute approximate surface area is 159 Å². The van der Waals surface area contributed by atoms with Crippen LogP contribution in [-0.4, -0.2) is 52.6 Å². The van der Waals surface area contributed by atoms with Crippen molar-refractivity contribution in [3.05, 3.63) is 23.8 Å². The zero-order valence-electron chi connectivity index (χ0n) is 16.2. The van der Waals surface area contributed by atoms with Crippen LogP contribution < -0.4 is 14.2 Å². The van der Waals surface area contributed by atoms with Crippen molar-refractivity contribution in [1.82, 2.24) is 5.32 Å². The molecule has 0 fully saturated rings. The number of carbonyl (C=O) groups is 2. The minimum atomic E-state index is -3.85. The Morgan fingerprint density at radius 1 is 1.19 bits per heavy atom. The number of ether oxygens (including phenoxy) is 3. The summed E-state index contributed by atoms with van der Waals surface area (Å²) in [6.07, 6.45) is -0.0279. The van der Waals surface area contributed by atoms with Gasteiger partial charge in [0.2, 0.25) is 0 Å². The molecule has 0 aliphatic rings. The maximum atomic E-state index is 12.1. The van der Waals surface area contributed by atoms with E-state index in [1.165, 1.54) is 20.3 Å². The fraction of sp³-hybridized carbons (Fsp3) is 0.529. The molecule has 1 amide bonds. The first-order valence-electron chi connectivity index (χ1n) is 7.99. The Morgan fingerprint density at radius 3 is 2.30 bits per heavy atom. The number of benzene rings is 1. The molecule has 1 aromatic carbocycles. The molecule has 0 aromatic heterocycles. The summed E-state index contributed by atoms with van der Waals surface area (Å²) in [5, 5.41) is 2.42. The maximum absolute atomic E-state index is 12.1. The molecule has 0 spiro atoms. The van der Waals surface area contributed by atoms with Crippen LogP contribution in [0, 0.1) is 0 Å². The summed E-state index contributed by atoms with van der Waals surface area (Å²) in [4.78, 5) is 24.1. The molecule has 9 nitrogen and oxygen atoms in total. The number of rotatable bonds is 7. The number of carbonyl (C=O) groups excluding carboxylic acids is 2. The van der Waals surface area contributed by atoms with Crippen molar-refractivity contribution in [3.8, 4) is 11.5 Å². The number of para-hydroxylation sites is 1. The van der Waals surface area contributed by atoms with Crippen molar-refractivity contribution in [2.75, 3.05) is 20.5 Å². The van der Waals surface area contributed by atoms with Gasteiger partial charge < -0.3 is 23.7 Å². The fourth-order valence-corrected chi connectivity index (χ4v) is 2.63. The zero-order valence-corrected chi connectivity index (χ0v) is 17.0. The third-order valence-corrected chi connectivity index (χ3v) is 3.59. The number of alkyl carbamates (subject to hydrolysis) is 1. The molecule has 1 aromatic rings. The number of nitrogens with one attached hydrogen (secondary N) is 1. The molecule has 0 unspecified atom stereocenters. The van der Waals surface area contributed by atoms with E-state index < -0.39 is 33.8 Å². The van der Waals surface area contributed by atoms with Crippen LogP contribution in [0.5, 0.6) is 11.5 Å². The largest absolute Gasteiger partial charge is 0.493 e. The molecule has 0 saturated heterocycles. The lowest BCUT2D eigenvalue weighted by molar-refractivity contribution is -0.143. The number of methoxy groups -OCH3 is 2. The van der Waals surface area contributed by atoms with Crippen LogP contribution in [0.1, 0.15) is 26.3 Å². The Morgan fingerprint density at radius 2 is 1.81 bits per heavy atom. The van der Waals surface area contributed by atoms with Gasteiger partial charge in [0.1, 0.15) is 11.6 Å². The van der Waals surface area contributed by atoms with Crippen LogP contribution in [0.3, 0.4) is 0 Å². The van der Waals surface area contributed by atoms with Crippen LogP contribution >= 0.6 is 0 Å². The van der Waals surface area contributed by atoms with Gasteiger partial charge in [-0.15, -0.1) is 0 Å². The van der Waals surface area contributed by atoms with E-state index in [4.69, 9.17) is 18.4 Å². The molecule has 27 heavy (non-hydrogen) atoms. The maximum Gasteiger partial charge on any atom is 0.408 e. The number of amides is 1. The van der Waals surface area contributed by atoms with Crippen molar-refractivity contribution < 1.29 is 36.4 Å². The lowest BCUT2D eigenvalue weighted by Crippen LogP contribution is -2.45. The highest BCUT2D eigenvalue weighted by Gasteiger charge is 2.27. The van der Waals surface area contributed by atoms with Gasteiger partial charge in [-0.05, 0) is 26.8 Å². The van der Waals surface area contributed by atoms with Gasteiger partial charge in [-0.3, -0.25) is 0 Å².